The van der Waals surface area contributed by atoms with Crippen LogP contribution in [0.15, 0.2) is 41.4 Å². The molecule has 8 nitrogen and oxygen atoms in total. The highest BCUT2D eigenvalue weighted by Gasteiger charge is 2.35. The van der Waals surface area contributed by atoms with Crippen LogP contribution in [0.25, 0.3) is 0 Å². The Balaban J connectivity index is 1.59. The molecule has 4 rings (SSSR count). The second-order valence-electron chi connectivity index (χ2n) is 11.1. The maximum Gasteiger partial charge on any atom is 0.251 e. The molecule has 2 unspecified atom stereocenters. The number of nitrogens with one attached hydrogen (secondary N) is 1. The van der Waals surface area contributed by atoms with Crippen LogP contribution in [-0.4, -0.2) is 40.9 Å². The molecule has 0 spiro atoms. The summed E-state index contributed by atoms with van der Waals surface area (Å²) in [7, 11) is 0. The van der Waals surface area contributed by atoms with Gasteiger partial charge < -0.3 is 20.5 Å². The second kappa shape index (κ2) is 12.1. The lowest BCUT2D eigenvalue weighted by molar-refractivity contribution is -0.128. The fourth-order valence-corrected chi connectivity index (χ4v) is 5.27. The van der Waals surface area contributed by atoms with E-state index in [4.69, 9.17) is 15.2 Å². The van der Waals surface area contributed by atoms with Gasteiger partial charge in [-0.15, -0.1) is 0 Å². The molecule has 2 aromatic rings. The van der Waals surface area contributed by atoms with Gasteiger partial charge in [0.15, 0.2) is 5.96 Å². The Bertz CT molecular complexity index is 1240. The molecule has 8 heteroatoms. The molecule has 0 fully saturated rings. The summed E-state index contributed by atoms with van der Waals surface area (Å²) in [4.78, 5) is 32.4. The zero-order chi connectivity index (χ0) is 28.2. The fraction of sp³-hybridized carbons (Fsp3) is 0.516. The van der Waals surface area contributed by atoms with Gasteiger partial charge in [-0.05, 0) is 69.9 Å². The Kier molecular flexibility index (Phi) is 8.83. The van der Waals surface area contributed by atoms with E-state index in [2.05, 4.69) is 29.4 Å². The van der Waals surface area contributed by atoms with Crippen molar-refractivity contribution in [3.63, 3.8) is 0 Å². The van der Waals surface area contributed by atoms with Crippen molar-refractivity contribution in [2.75, 3.05) is 6.61 Å². The van der Waals surface area contributed by atoms with E-state index in [9.17, 15) is 9.59 Å². The molecule has 3 N–H and O–H groups in total. The van der Waals surface area contributed by atoms with Gasteiger partial charge in [-0.3, -0.25) is 14.5 Å². The number of hydrogen-bond donors (Lipinski definition) is 2. The maximum absolute atomic E-state index is 13.6. The van der Waals surface area contributed by atoms with Gasteiger partial charge >= 0.3 is 0 Å². The monoisotopic (exact) mass is 534 g/mol. The largest absolute Gasteiger partial charge is 0.494 e. The molecule has 0 aliphatic carbocycles. The minimum Gasteiger partial charge on any atom is -0.494 e. The highest BCUT2D eigenvalue weighted by atomic mass is 16.5. The first kappa shape index (κ1) is 28.5. The number of fused-ring (bicyclic) bond motifs is 1. The summed E-state index contributed by atoms with van der Waals surface area (Å²) in [5, 5.41) is 3.25. The van der Waals surface area contributed by atoms with Crippen LogP contribution in [0.5, 0.6) is 11.5 Å². The van der Waals surface area contributed by atoms with E-state index in [1.807, 2.05) is 33.8 Å². The topological polar surface area (TPSA) is 106 Å². The van der Waals surface area contributed by atoms with Crippen molar-refractivity contribution < 1.29 is 19.1 Å². The lowest BCUT2D eigenvalue weighted by Gasteiger charge is -2.38. The Morgan fingerprint density at radius 2 is 2.00 bits per heavy atom. The van der Waals surface area contributed by atoms with E-state index in [1.54, 1.807) is 18.2 Å². The summed E-state index contributed by atoms with van der Waals surface area (Å²) in [5.41, 5.74) is 9.21. The third-order valence-corrected chi connectivity index (χ3v) is 7.38. The number of carbonyl (C=O) groups excluding carboxylic acids is 2. The van der Waals surface area contributed by atoms with Crippen molar-refractivity contribution in [1.29, 1.82) is 0 Å². The van der Waals surface area contributed by atoms with Gasteiger partial charge in [0.25, 0.3) is 5.91 Å². The van der Waals surface area contributed by atoms with Gasteiger partial charge in [-0.2, -0.15) is 0 Å². The Hall–Kier alpha value is -3.55. The van der Waals surface area contributed by atoms with Crippen LogP contribution in [0.4, 0.5) is 0 Å². The number of carbonyl (C=O) groups is 2. The first-order valence-electron chi connectivity index (χ1n) is 14.2. The van der Waals surface area contributed by atoms with Crippen LogP contribution in [-0.2, 0) is 17.8 Å². The molecule has 2 atom stereocenters. The standard InChI is InChI=1S/C31H42N4O4/c1-6-9-10-20-11-13-27-24(15-20)25(18-31(4,5)39-27)34-29(37)21-12-14-26(38-8-3)22(16-21)19-35-28(36)17-23(7-2)33-30(35)32/h11-16,23,25H,6-10,17-19H2,1-5H3,(H2,32,33)(H,34,37). The number of nitrogens with zero attached hydrogens (tertiary/aromatic N) is 2. The molecular weight excluding hydrogens is 492 g/mol. The molecule has 0 saturated heterocycles. The van der Waals surface area contributed by atoms with Crippen molar-refractivity contribution in [3.8, 4) is 11.5 Å². The quantitative estimate of drug-likeness (QED) is 0.431. The highest BCUT2D eigenvalue weighted by Crippen LogP contribution is 2.40. The number of benzene rings is 2. The predicted molar refractivity (Wildman–Crippen MR) is 153 cm³/mol. The minimum atomic E-state index is -0.415. The van der Waals surface area contributed by atoms with Crippen LogP contribution in [0.3, 0.4) is 0 Å². The third-order valence-electron chi connectivity index (χ3n) is 7.38. The molecule has 0 radical (unpaired) electrons. The zero-order valence-corrected chi connectivity index (χ0v) is 23.9. The van der Waals surface area contributed by atoms with Gasteiger partial charge in [0.05, 0.1) is 25.2 Å². The number of guanidine groups is 1. The van der Waals surface area contributed by atoms with Crippen molar-refractivity contribution in [2.24, 2.45) is 10.7 Å². The summed E-state index contributed by atoms with van der Waals surface area (Å²) in [6, 6.07) is 11.4. The summed E-state index contributed by atoms with van der Waals surface area (Å²) in [6.45, 7) is 10.8. The smallest absolute Gasteiger partial charge is 0.251 e. The molecule has 210 valence electrons. The molecule has 2 heterocycles. The lowest BCUT2D eigenvalue weighted by atomic mass is 9.88. The SMILES string of the molecule is CCCCc1ccc2c(c1)C(NC(=O)c1ccc(OCC)c(CN3C(=O)CC(CC)N=C3N)c1)CC(C)(C)O2. The van der Waals surface area contributed by atoms with Crippen molar-refractivity contribution in [3.05, 3.63) is 58.7 Å². The van der Waals surface area contributed by atoms with E-state index in [-0.39, 0.29) is 36.4 Å². The average Bonchev–Trinajstić information content (AvgIpc) is 2.89. The number of nitrogens with two attached hydrogens (primary N) is 1. The summed E-state index contributed by atoms with van der Waals surface area (Å²) in [6.07, 6.45) is 4.97. The van der Waals surface area contributed by atoms with Gasteiger partial charge in [-0.25, -0.2) is 4.99 Å². The van der Waals surface area contributed by atoms with Crippen molar-refractivity contribution in [2.45, 2.75) is 97.4 Å². The summed E-state index contributed by atoms with van der Waals surface area (Å²) >= 11 is 0. The number of ether oxygens (including phenoxy) is 2. The molecule has 2 aromatic carbocycles. The van der Waals surface area contributed by atoms with Crippen LogP contribution in [0.1, 0.15) is 99.8 Å². The molecule has 0 aromatic heterocycles. The summed E-state index contributed by atoms with van der Waals surface area (Å²) in [5.74, 6) is 1.37. The number of aliphatic imine (C=N–C) groups is 1. The molecule has 0 saturated carbocycles. The molecule has 2 aliphatic rings. The maximum atomic E-state index is 13.6. The van der Waals surface area contributed by atoms with Gasteiger partial charge in [0.1, 0.15) is 17.1 Å². The number of aryl methyl sites for hydroxylation is 1. The number of unbranched alkanes of at least 4 members (excludes halogenated alkanes) is 1. The first-order chi connectivity index (χ1) is 18.6. The van der Waals surface area contributed by atoms with E-state index in [0.29, 0.717) is 36.3 Å². The van der Waals surface area contributed by atoms with Crippen LogP contribution >= 0.6 is 0 Å². The fourth-order valence-electron chi connectivity index (χ4n) is 5.27. The van der Waals surface area contributed by atoms with Gasteiger partial charge in [0, 0.05) is 29.5 Å². The van der Waals surface area contributed by atoms with Crippen molar-refractivity contribution in [1.82, 2.24) is 10.2 Å². The zero-order valence-electron chi connectivity index (χ0n) is 23.9. The average molecular weight is 535 g/mol. The predicted octanol–water partition coefficient (Wildman–Crippen LogP) is 5.29. The normalized spacial score (nSPS) is 20.1. The third kappa shape index (κ3) is 6.72. The number of rotatable bonds is 10. The molecular formula is C31H42N4O4. The Morgan fingerprint density at radius 1 is 1.21 bits per heavy atom. The van der Waals surface area contributed by atoms with Crippen LogP contribution in [0, 0.1) is 0 Å². The number of amides is 2. The highest BCUT2D eigenvalue weighted by molar-refractivity contribution is 5.98. The first-order valence-corrected chi connectivity index (χ1v) is 14.2. The van der Waals surface area contributed by atoms with Gasteiger partial charge in [-0.1, -0.05) is 32.4 Å². The summed E-state index contributed by atoms with van der Waals surface area (Å²) < 4.78 is 12.1. The van der Waals surface area contributed by atoms with E-state index in [1.165, 1.54) is 10.5 Å². The molecule has 2 aliphatic heterocycles. The van der Waals surface area contributed by atoms with E-state index in [0.717, 1.165) is 37.0 Å². The van der Waals surface area contributed by atoms with E-state index >= 15 is 0 Å². The number of hydrogen-bond acceptors (Lipinski definition) is 6. The van der Waals surface area contributed by atoms with Crippen LogP contribution < -0.4 is 20.5 Å². The van der Waals surface area contributed by atoms with Gasteiger partial charge in [0.2, 0.25) is 5.91 Å². The van der Waals surface area contributed by atoms with Crippen LogP contribution in [0.2, 0.25) is 0 Å². The lowest BCUT2D eigenvalue weighted by Crippen LogP contribution is -2.46. The molecule has 39 heavy (non-hydrogen) atoms. The Labute approximate surface area is 232 Å². The molecule has 2 amide bonds. The van der Waals surface area contributed by atoms with E-state index < -0.39 is 5.60 Å². The molecule has 0 bridgehead atoms. The Morgan fingerprint density at radius 3 is 2.69 bits per heavy atom. The minimum absolute atomic E-state index is 0.0772. The second-order valence-corrected chi connectivity index (χ2v) is 11.1. The van der Waals surface area contributed by atoms with Crippen molar-refractivity contribution >= 4 is 17.8 Å².